The molecule has 0 aliphatic carbocycles. The van der Waals surface area contributed by atoms with Crippen LogP contribution in [0.2, 0.25) is 5.02 Å². The van der Waals surface area contributed by atoms with Crippen molar-refractivity contribution in [1.29, 1.82) is 0 Å². The van der Waals surface area contributed by atoms with E-state index in [1.54, 1.807) is 11.0 Å². The summed E-state index contributed by atoms with van der Waals surface area (Å²) in [4.78, 5) is 28.8. The van der Waals surface area contributed by atoms with Gasteiger partial charge in [0.15, 0.2) is 5.43 Å². The second kappa shape index (κ2) is 10.8. The maximum Gasteiger partial charge on any atom is 0.291 e. The monoisotopic (exact) mass is 519 g/mol. The van der Waals surface area contributed by atoms with E-state index in [1.807, 2.05) is 42.5 Å². The Hall–Kier alpha value is -3.64. The number of carbonyl (C=O) groups excluding carboxylic acids is 1. The highest BCUT2D eigenvalue weighted by atomic mass is 35.5. The number of unbranched alkanes of at least 4 members (excludes halogenated alkanes) is 3. The number of ether oxygens (including phenoxy) is 1. The van der Waals surface area contributed by atoms with E-state index in [9.17, 15) is 14.0 Å². The van der Waals surface area contributed by atoms with Crippen LogP contribution in [0, 0.1) is 5.82 Å². The van der Waals surface area contributed by atoms with Gasteiger partial charge in [-0.05, 0) is 53.9 Å². The molecule has 1 aromatic heterocycles. The van der Waals surface area contributed by atoms with Gasteiger partial charge in [0, 0.05) is 11.6 Å². The van der Waals surface area contributed by atoms with Crippen LogP contribution < -0.4 is 10.2 Å². The van der Waals surface area contributed by atoms with Crippen LogP contribution in [0.15, 0.2) is 75.9 Å². The number of hydrogen-bond donors (Lipinski definition) is 0. The Morgan fingerprint density at radius 1 is 1.00 bits per heavy atom. The zero-order chi connectivity index (χ0) is 25.9. The molecule has 0 N–H and O–H groups in total. The van der Waals surface area contributed by atoms with E-state index in [-0.39, 0.29) is 28.8 Å². The third kappa shape index (κ3) is 4.98. The molecular weight excluding hydrogens is 493 g/mol. The lowest BCUT2D eigenvalue weighted by Gasteiger charge is -2.25. The summed E-state index contributed by atoms with van der Waals surface area (Å²) >= 11 is 6.41. The first-order valence-electron chi connectivity index (χ1n) is 12.5. The molecule has 0 saturated heterocycles. The first kappa shape index (κ1) is 25.0. The summed E-state index contributed by atoms with van der Waals surface area (Å²) in [5, 5.41) is 0.617. The quantitative estimate of drug-likeness (QED) is 0.218. The third-order valence-electron chi connectivity index (χ3n) is 6.69. The molecule has 5 rings (SSSR count). The van der Waals surface area contributed by atoms with Crippen LogP contribution in [0.3, 0.4) is 0 Å². The average molecular weight is 520 g/mol. The van der Waals surface area contributed by atoms with Crippen molar-refractivity contribution in [2.75, 3.05) is 6.61 Å². The molecule has 0 bridgehead atoms. The van der Waals surface area contributed by atoms with Crippen molar-refractivity contribution >= 4 is 28.5 Å². The van der Waals surface area contributed by atoms with E-state index in [0.29, 0.717) is 11.6 Å². The summed E-state index contributed by atoms with van der Waals surface area (Å²) in [7, 11) is 0. The van der Waals surface area contributed by atoms with Gasteiger partial charge in [0.25, 0.3) is 5.91 Å². The molecular formula is C30H27ClFNO4. The van der Waals surface area contributed by atoms with Crippen molar-refractivity contribution in [3.63, 3.8) is 0 Å². The van der Waals surface area contributed by atoms with Gasteiger partial charge in [-0.2, -0.15) is 0 Å². The van der Waals surface area contributed by atoms with Crippen molar-refractivity contribution in [3.8, 4) is 5.75 Å². The minimum Gasteiger partial charge on any atom is -0.494 e. The third-order valence-corrected chi connectivity index (χ3v) is 7.06. The lowest BCUT2D eigenvalue weighted by molar-refractivity contribution is 0.0714. The number of hydrogen-bond acceptors (Lipinski definition) is 4. The molecule has 0 saturated carbocycles. The SMILES string of the molecule is CCCCCCOc1ccc(C2c3c(oc4ccc(F)cc4c3=O)C(=O)N2Cc2ccccc2Cl)cc1. The molecule has 0 fully saturated rings. The molecule has 0 spiro atoms. The Morgan fingerprint density at radius 2 is 1.78 bits per heavy atom. The van der Waals surface area contributed by atoms with Gasteiger partial charge in [0.2, 0.25) is 5.76 Å². The number of fused-ring (bicyclic) bond motifs is 2. The summed E-state index contributed by atoms with van der Waals surface area (Å²) < 4.78 is 25.8. The van der Waals surface area contributed by atoms with Crippen LogP contribution in [0.5, 0.6) is 5.75 Å². The standard InChI is InChI=1S/C30H27ClFNO4/c1-2-3-4-7-16-36-22-13-10-19(11-14-22)27-26-28(34)23-17-21(32)12-15-25(23)37-29(26)30(35)33(27)18-20-8-5-6-9-24(20)31/h5-6,8-15,17,27H,2-4,7,16,18H2,1H3. The summed E-state index contributed by atoms with van der Waals surface area (Å²) in [5.41, 5.74) is 1.41. The van der Waals surface area contributed by atoms with Crippen LogP contribution in [-0.4, -0.2) is 17.4 Å². The van der Waals surface area contributed by atoms with Crippen LogP contribution in [0.25, 0.3) is 11.0 Å². The Morgan fingerprint density at radius 3 is 2.54 bits per heavy atom. The van der Waals surface area contributed by atoms with E-state index in [1.165, 1.54) is 18.6 Å². The second-order valence-corrected chi connectivity index (χ2v) is 9.63. The van der Waals surface area contributed by atoms with Crippen LogP contribution >= 0.6 is 11.6 Å². The fourth-order valence-corrected chi connectivity index (χ4v) is 4.97. The van der Waals surface area contributed by atoms with Gasteiger partial charge in [0.1, 0.15) is 17.1 Å². The number of amides is 1. The Labute approximate surface area is 219 Å². The van der Waals surface area contributed by atoms with Crippen molar-refractivity contribution in [2.24, 2.45) is 0 Å². The van der Waals surface area contributed by atoms with E-state index < -0.39 is 23.2 Å². The maximum absolute atomic E-state index is 14.0. The molecule has 1 aliphatic heterocycles. The van der Waals surface area contributed by atoms with Gasteiger partial charge < -0.3 is 14.1 Å². The Bertz CT molecular complexity index is 1500. The first-order valence-corrected chi connectivity index (χ1v) is 12.9. The minimum atomic E-state index is -0.721. The number of nitrogens with zero attached hydrogens (tertiary/aromatic N) is 1. The predicted molar refractivity (Wildman–Crippen MR) is 142 cm³/mol. The molecule has 0 radical (unpaired) electrons. The molecule has 4 aromatic rings. The second-order valence-electron chi connectivity index (χ2n) is 9.22. The van der Waals surface area contributed by atoms with Gasteiger partial charge in [-0.1, -0.05) is 68.1 Å². The first-order chi connectivity index (χ1) is 18.0. The molecule has 1 amide bonds. The van der Waals surface area contributed by atoms with Gasteiger partial charge in [-0.3, -0.25) is 9.59 Å². The fourth-order valence-electron chi connectivity index (χ4n) is 4.78. The van der Waals surface area contributed by atoms with Crippen LogP contribution in [-0.2, 0) is 6.54 Å². The van der Waals surface area contributed by atoms with Gasteiger partial charge >= 0.3 is 0 Å². The molecule has 190 valence electrons. The zero-order valence-corrected chi connectivity index (χ0v) is 21.3. The summed E-state index contributed by atoms with van der Waals surface area (Å²) in [6.45, 7) is 2.97. The van der Waals surface area contributed by atoms with E-state index in [4.69, 9.17) is 20.8 Å². The highest BCUT2D eigenvalue weighted by Gasteiger charge is 2.43. The molecule has 5 nitrogen and oxygen atoms in total. The lowest BCUT2D eigenvalue weighted by Crippen LogP contribution is -2.29. The molecule has 1 atom stereocenters. The molecule has 3 aromatic carbocycles. The summed E-state index contributed by atoms with van der Waals surface area (Å²) in [5.74, 6) is -0.277. The fraction of sp³-hybridized carbons (Fsp3) is 0.267. The maximum atomic E-state index is 14.0. The average Bonchev–Trinajstić information content (AvgIpc) is 3.17. The van der Waals surface area contributed by atoms with E-state index in [2.05, 4.69) is 6.92 Å². The van der Waals surface area contributed by atoms with Crippen molar-refractivity contribution in [2.45, 2.75) is 45.2 Å². The number of benzene rings is 3. The van der Waals surface area contributed by atoms with Crippen molar-refractivity contribution in [3.05, 3.63) is 110 Å². The van der Waals surface area contributed by atoms with E-state index >= 15 is 0 Å². The lowest BCUT2D eigenvalue weighted by atomic mass is 9.98. The smallest absolute Gasteiger partial charge is 0.291 e. The number of halogens is 2. The van der Waals surface area contributed by atoms with E-state index in [0.717, 1.165) is 42.2 Å². The highest BCUT2D eigenvalue weighted by molar-refractivity contribution is 6.31. The van der Waals surface area contributed by atoms with Gasteiger partial charge in [-0.15, -0.1) is 0 Å². The number of carbonyl (C=O) groups is 1. The normalized spacial score (nSPS) is 14.8. The van der Waals surface area contributed by atoms with Crippen molar-refractivity contribution in [1.82, 2.24) is 4.90 Å². The van der Waals surface area contributed by atoms with Gasteiger partial charge in [-0.25, -0.2) is 4.39 Å². The van der Waals surface area contributed by atoms with Gasteiger partial charge in [0.05, 0.1) is 23.6 Å². The summed E-state index contributed by atoms with van der Waals surface area (Å²) in [6, 6.07) is 17.6. The van der Waals surface area contributed by atoms with Crippen LogP contribution in [0.4, 0.5) is 4.39 Å². The van der Waals surface area contributed by atoms with Crippen LogP contribution in [0.1, 0.15) is 65.9 Å². The highest BCUT2D eigenvalue weighted by Crippen LogP contribution is 2.40. The van der Waals surface area contributed by atoms with Crippen molar-refractivity contribution < 1.29 is 18.3 Å². The molecule has 37 heavy (non-hydrogen) atoms. The topological polar surface area (TPSA) is 59.8 Å². The summed E-state index contributed by atoms with van der Waals surface area (Å²) in [6.07, 6.45) is 4.45. The predicted octanol–water partition coefficient (Wildman–Crippen LogP) is 7.29. The Kier molecular flexibility index (Phi) is 7.28. The number of rotatable bonds is 9. The molecule has 1 unspecified atom stereocenters. The zero-order valence-electron chi connectivity index (χ0n) is 20.5. The largest absolute Gasteiger partial charge is 0.494 e. The minimum absolute atomic E-state index is 0.0302. The Balaban J connectivity index is 1.54. The molecule has 2 heterocycles. The molecule has 1 aliphatic rings. The molecule has 7 heteroatoms.